The summed E-state index contributed by atoms with van der Waals surface area (Å²) in [5.41, 5.74) is 3.75. The number of likely N-dealkylation sites (N-methyl/N-ethyl adjacent to an activating group) is 1. The maximum atomic E-state index is 13.2. The maximum Gasteiger partial charge on any atom is 0.316 e. The molecule has 1 atom stereocenters. The van der Waals surface area contributed by atoms with Gasteiger partial charge in [0.2, 0.25) is 0 Å². The van der Waals surface area contributed by atoms with E-state index in [4.69, 9.17) is 9.47 Å². The van der Waals surface area contributed by atoms with E-state index in [0.29, 0.717) is 30.6 Å². The number of hydrogen-bond acceptors (Lipinski definition) is 6. The Morgan fingerprint density at radius 3 is 2.38 bits per heavy atom. The number of aliphatic hydroxyl groups is 2. The van der Waals surface area contributed by atoms with E-state index in [0.717, 1.165) is 42.8 Å². The number of nitrogens with zero attached hydrogens (tertiary/aromatic N) is 1. The van der Waals surface area contributed by atoms with Gasteiger partial charge in [0.1, 0.15) is 5.75 Å². The third kappa shape index (κ3) is 6.81. The van der Waals surface area contributed by atoms with Gasteiger partial charge in [-0.25, -0.2) is 0 Å². The van der Waals surface area contributed by atoms with Gasteiger partial charge < -0.3 is 24.6 Å². The van der Waals surface area contributed by atoms with Gasteiger partial charge in [-0.2, -0.15) is 0 Å². The van der Waals surface area contributed by atoms with Crippen LogP contribution in [0.4, 0.5) is 0 Å². The molecule has 0 saturated heterocycles. The normalized spacial score (nSPS) is 13.1. The molecule has 34 heavy (non-hydrogen) atoms. The first-order chi connectivity index (χ1) is 16.3. The van der Waals surface area contributed by atoms with Gasteiger partial charge in [0.05, 0.1) is 32.3 Å². The van der Waals surface area contributed by atoms with Crippen molar-refractivity contribution in [3.05, 3.63) is 64.2 Å². The molecular weight excluding hydrogens is 430 g/mol. The number of rotatable bonds is 14. The summed E-state index contributed by atoms with van der Waals surface area (Å²) < 4.78 is 10.9. The molecule has 2 N–H and O–H groups in total. The van der Waals surface area contributed by atoms with Gasteiger partial charge in [-0.15, -0.1) is 0 Å². The first-order valence-electron chi connectivity index (χ1n) is 12.2. The van der Waals surface area contributed by atoms with E-state index in [1.54, 1.807) is 13.2 Å². The number of methoxy groups -OCH3 is 1. The summed E-state index contributed by atoms with van der Waals surface area (Å²) in [6.07, 6.45) is 3.00. The molecule has 0 aliphatic rings. The van der Waals surface area contributed by atoms with Crippen molar-refractivity contribution in [1.29, 1.82) is 0 Å². The van der Waals surface area contributed by atoms with Crippen LogP contribution in [0, 0.1) is 6.92 Å². The molecule has 0 aliphatic carbocycles. The lowest BCUT2D eigenvalue weighted by Crippen LogP contribution is -2.38. The number of ether oxygens (including phenoxy) is 2. The van der Waals surface area contributed by atoms with Crippen LogP contribution in [0.2, 0.25) is 0 Å². The lowest BCUT2D eigenvalue weighted by Gasteiger charge is -2.32. The van der Waals surface area contributed by atoms with Crippen molar-refractivity contribution in [1.82, 2.24) is 4.90 Å². The van der Waals surface area contributed by atoms with Crippen LogP contribution in [0.15, 0.2) is 36.4 Å². The first kappa shape index (κ1) is 27.8. The van der Waals surface area contributed by atoms with E-state index in [1.807, 2.05) is 32.9 Å². The Labute approximate surface area is 204 Å². The van der Waals surface area contributed by atoms with E-state index in [1.165, 1.54) is 5.56 Å². The molecule has 1 unspecified atom stereocenters. The van der Waals surface area contributed by atoms with Crippen molar-refractivity contribution < 1.29 is 24.5 Å². The minimum atomic E-state index is -0.779. The van der Waals surface area contributed by atoms with Crippen LogP contribution in [-0.2, 0) is 34.6 Å². The molecule has 2 rings (SSSR count). The topological polar surface area (TPSA) is 79.2 Å². The highest BCUT2D eigenvalue weighted by Gasteiger charge is 2.40. The van der Waals surface area contributed by atoms with Crippen molar-refractivity contribution in [2.45, 2.75) is 65.1 Å². The molecule has 2 aromatic rings. The number of hydrogen-bond donors (Lipinski definition) is 2. The van der Waals surface area contributed by atoms with Gasteiger partial charge in [-0.3, -0.25) is 4.79 Å². The highest BCUT2D eigenvalue weighted by Crippen LogP contribution is 2.36. The molecule has 0 aromatic heterocycles. The fraction of sp³-hybridized carbons (Fsp3) is 0.536. The third-order valence-corrected chi connectivity index (χ3v) is 6.77. The molecule has 188 valence electrons. The van der Waals surface area contributed by atoms with E-state index in [9.17, 15) is 15.0 Å². The lowest BCUT2D eigenvalue weighted by molar-refractivity contribution is -0.150. The van der Waals surface area contributed by atoms with E-state index >= 15 is 0 Å². The molecule has 0 fully saturated rings. The standard InChI is InChI=1S/C28H41NO5/c1-6-28(27(32)34-7-2,25-12-11-23(19-30)24(18-25)20-31)14-8-15-29(4)16-13-22-10-9-21(3)26(17-22)33-5/h9-12,17-18,30-31H,6-8,13-16,19-20H2,1-5H3. The van der Waals surface area contributed by atoms with Gasteiger partial charge in [0.25, 0.3) is 0 Å². The molecule has 6 nitrogen and oxygen atoms in total. The zero-order valence-electron chi connectivity index (χ0n) is 21.4. The predicted octanol–water partition coefficient (Wildman–Crippen LogP) is 4.15. The summed E-state index contributed by atoms with van der Waals surface area (Å²) in [4.78, 5) is 15.4. The maximum absolute atomic E-state index is 13.2. The summed E-state index contributed by atoms with van der Waals surface area (Å²) in [6.45, 7) is 7.62. The molecule has 2 aromatic carbocycles. The van der Waals surface area contributed by atoms with Gasteiger partial charge in [-0.05, 0) is 87.0 Å². The van der Waals surface area contributed by atoms with Gasteiger partial charge in [0.15, 0.2) is 0 Å². The Morgan fingerprint density at radius 2 is 1.76 bits per heavy atom. The zero-order valence-corrected chi connectivity index (χ0v) is 21.4. The molecule has 0 radical (unpaired) electrons. The average molecular weight is 472 g/mol. The number of carbonyl (C=O) groups excluding carboxylic acids is 1. The second-order valence-corrected chi connectivity index (χ2v) is 8.92. The average Bonchev–Trinajstić information content (AvgIpc) is 2.85. The van der Waals surface area contributed by atoms with Gasteiger partial charge >= 0.3 is 5.97 Å². The van der Waals surface area contributed by atoms with Gasteiger partial charge in [0, 0.05) is 6.54 Å². The van der Waals surface area contributed by atoms with Crippen molar-refractivity contribution in [3.63, 3.8) is 0 Å². The Balaban J connectivity index is 2.10. The number of aryl methyl sites for hydroxylation is 1. The SMILES string of the molecule is CCOC(=O)C(CC)(CCCN(C)CCc1ccc(C)c(OC)c1)c1ccc(CO)c(CO)c1. The number of carbonyl (C=O) groups is 1. The molecule has 0 amide bonds. The Bertz CT molecular complexity index is 929. The van der Waals surface area contributed by atoms with Crippen LogP contribution >= 0.6 is 0 Å². The van der Waals surface area contributed by atoms with E-state index in [-0.39, 0.29) is 19.2 Å². The Hall–Kier alpha value is -2.41. The predicted molar refractivity (Wildman–Crippen MR) is 135 cm³/mol. The lowest BCUT2D eigenvalue weighted by atomic mass is 9.73. The van der Waals surface area contributed by atoms with Gasteiger partial charge in [-0.1, -0.05) is 37.3 Å². The zero-order chi connectivity index (χ0) is 25.1. The summed E-state index contributed by atoms with van der Waals surface area (Å²) in [7, 11) is 3.80. The molecule has 0 aliphatic heterocycles. The van der Waals surface area contributed by atoms with Crippen molar-refractivity contribution in [2.24, 2.45) is 0 Å². The fourth-order valence-corrected chi connectivity index (χ4v) is 4.49. The highest BCUT2D eigenvalue weighted by molar-refractivity contribution is 5.83. The Kier molecular flexibility index (Phi) is 11.0. The van der Waals surface area contributed by atoms with Crippen LogP contribution in [0.1, 0.15) is 60.9 Å². The van der Waals surface area contributed by atoms with Crippen LogP contribution in [0.5, 0.6) is 5.75 Å². The quantitative estimate of drug-likeness (QED) is 0.403. The van der Waals surface area contributed by atoms with E-state index in [2.05, 4.69) is 30.1 Å². The van der Waals surface area contributed by atoms with Crippen molar-refractivity contribution in [3.8, 4) is 5.75 Å². The molecular formula is C28H41NO5. The Morgan fingerprint density at radius 1 is 1.03 bits per heavy atom. The second kappa shape index (κ2) is 13.5. The summed E-state index contributed by atoms with van der Waals surface area (Å²) in [5, 5.41) is 19.3. The third-order valence-electron chi connectivity index (χ3n) is 6.77. The van der Waals surface area contributed by atoms with Crippen LogP contribution in [-0.4, -0.2) is 54.9 Å². The van der Waals surface area contributed by atoms with Crippen molar-refractivity contribution >= 4 is 5.97 Å². The number of benzene rings is 2. The number of aliphatic hydroxyl groups excluding tert-OH is 2. The van der Waals surface area contributed by atoms with Crippen molar-refractivity contribution in [2.75, 3.05) is 33.9 Å². The summed E-state index contributed by atoms with van der Waals surface area (Å²) >= 11 is 0. The molecule has 0 saturated carbocycles. The molecule has 0 heterocycles. The van der Waals surface area contributed by atoms with Crippen LogP contribution in [0.25, 0.3) is 0 Å². The van der Waals surface area contributed by atoms with E-state index < -0.39 is 5.41 Å². The monoisotopic (exact) mass is 471 g/mol. The second-order valence-electron chi connectivity index (χ2n) is 8.92. The summed E-state index contributed by atoms with van der Waals surface area (Å²) in [6, 6.07) is 11.9. The number of esters is 1. The van der Waals surface area contributed by atoms with Crippen LogP contribution < -0.4 is 4.74 Å². The summed E-state index contributed by atoms with van der Waals surface area (Å²) in [5.74, 6) is 0.685. The first-order valence-corrected chi connectivity index (χ1v) is 12.2. The van der Waals surface area contributed by atoms with Crippen LogP contribution in [0.3, 0.4) is 0 Å². The highest BCUT2D eigenvalue weighted by atomic mass is 16.5. The minimum absolute atomic E-state index is 0.146. The smallest absolute Gasteiger partial charge is 0.316 e. The molecule has 0 bridgehead atoms. The minimum Gasteiger partial charge on any atom is -0.496 e. The molecule has 0 spiro atoms. The fourth-order valence-electron chi connectivity index (χ4n) is 4.49. The molecule has 6 heteroatoms. The largest absolute Gasteiger partial charge is 0.496 e.